The van der Waals surface area contributed by atoms with Crippen LogP contribution in [0.3, 0.4) is 0 Å². The number of nitrogens with one attached hydrogen (secondary N) is 1. The van der Waals surface area contributed by atoms with Crippen molar-refractivity contribution in [1.82, 2.24) is 24.6 Å². The highest BCUT2D eigenvalue weighted by Crippen LogP contribution is 2.30. The molecule has 0 spiro atoms. The predicted molar refractivity (Wildman–Crippen MR) is 108 cm³/mol. The van der Waals surface area contributed by atoms with Gasteiger partial charge < -0.3 is 5.32 Å². The average molecular weight is 433 g/mol. The standard InChI is InChI=1S/C21H22F3N5O2/c22-21(23,24)14-6-5-9-16(10-14)29-19-17(11-26-29)20(31)28(13-25-19)12-18(30)27-15-7-3-1-2-4-8-15/h5-6,9-11,13,15H,1-4,7-8,12H2,(H,27,30). The number of carbonyl (C=O) groups excluding carboxylic acids is 1. The Morgan fingerprint density at radius 3 is 2.61 bits per heavy atom. The summed E-state index contributed by atoms with van der Waals surface area (Å²) in [7, 11) is 0. The number of alkyl halides is 3. The summed E-state index contributed by atoms with van der Waals surface area (Å²) in [6.07, 6.45) is 4.34. The van der Waals surface area contributed by atoms with E-state index in [1.807, 2.05) is 0 Å². The van der Waals surface area contributed by atoms with E-state index in [9.17, 15) is 22.8 Å². The highest BCUT2D eigenvalue weighted by Gasteiger charge is 2.30. The van der Waals surface area contributed by atoms with Crippen LogP contribution in [0.4, 0.5) is 13.2 Å². The number of hydrogen-bond acceptors (Lipinski definition) is 4. The second-order valence-corrected chi connectivity index (χ2v) is 7.78. The molecule has 0 saturated heterocycles. The molecule has 3 aromatic rings. The summed E-state index contributed by atoms with van der Waals surface area (Å²) >= 11 is 0. The van der Waals surface area contributed by atoms with E-state index in [0.29, 0.717) is 0 Å². The largest absolute Gasteiger partial charge is 0.416 e. The van der Waals surface area contributed by atoms with Crippen LogP contribution in [-0.4, -0.2) is 31.3 Å². The molecule has 1 N–H and O–H groups in total. The first-order valence-corrected chi connectivity index (χ1v) is 10.2. The third kappa shape index (κ3) is 4.62. The van der Waals surface area contributed by atoms with Crippen molar-refractivity contribution in [2.45, 2.75) is 57.3 Å². The molecule has 1 fully saturated rings. The van der Waals surface area contributed by atoms with Crippen LogP contribution in [0, 0.1) is 0 Å². The second-order valence-electron chi connectivity index (χ2n) is 7.78. The smallest absolute Gasteiger partial charge is 0.352 e. The van der Waals surface area contributed by atoms with Gasteiger partial charge in [0, 0.05) is 6.04 Å². The van der Waals surface area contributed by atoms with Crippen molar-refractivity contribution in [1.29, 1.82) is 0 Å². The lowest BCUT2D eigenvalue weighted by atomic mass is 10.1. The lowest BCUT2D eigenvalue weighted by Crippen LogP contribution is -2.38. The second kappa shape index (κ2) is 8.52. The molecule has 1 aromatic carbocycles. The maximum absolute atomic E-state index is 13.0. The molecule has 1 saturated carbocycles. The molecule has 164 valence electrons. The minimum absolute atomic E-state index is 0.117. The number of aromatic nitrogens is 4. The van der Waals surface area contributed by atoms with Gasteiger partial charge in [-0.25, -0.2) is 9.67 Å². The van der Waals surface area contributed by atoms with Crippen molar-refractivity contribution in [2.24, 2.45) is 0 Å². The van der Waals surface area contributed by atoms with Gasteiger partial charge in [0.25, 0.3) is 5.56 Å². The third-order valence-electron chi connectivity index (χ3n) is 5.51. The summed E-state index contributed by atoms with van der Waals surface area (Å²) < 4.78 is 41.4. The van der Waals surface area contributed by atoms with Crippen molar-refractivity contribution < 1.29 is 18.0 Å². The van der Waals surface area contributed by atoms with E-state index in [4.69, 9.17) is 0 Å². The Morgan fingerprint density at radius 1 is 1.16 bits per heavy atom. The zero-order valence-electron chi connectivity index (χ0n) is 16.7. The van der Waals surface area contributed by atoms with Crippen LogP contribution >= 0.6 is 0 Å². The molecule has 1 aliphatic rings. The molecule has 4 rings (SSSR count). The van der Waals surface area contributed by atoms with E-state index in [2.05, 4.69) is 15.4 Å². The lowest BCUT2D eigenvalue weighted by molar-refractivity contribution is -0.137. The van der Waals surface area contributed by atoms with Gasteiger partial charge in [-0.2, -0.15) is 18.3 Å². The SMILES string of the molecule is O=C(Cn1cnc2c(cnn2-c2cccc(C(F)(F)F)c2)c1=O)NC1CCCCCC1. The van der Waals surface area contributed by atoms with Gasteiger partial charge in [0.05, 0.1) is 17.4 Å². The number of halogens is 3. The van der Waals surface area contributed by atoms with Crippen LogP contribution in [0.1, 0.15) is 44.1 Å². The molecular weight excluding hydrogens is 411 g/mol. The van der Waals surface area contributed by atoms with Crippen molar-refractivity contribution in [2.75, 3.05) is 0 Å². The van der Waals surface area contributed by atoms with Crippen LogP contribution in [0.25, 0.3) is 16.7 Å². The Balaban J connectivity index is 1.57. The van der Waals surface area contributed by atoms with Gasteiger partial charge in [0.15, 0.2) is 5.65 Å². The number of fused-ring (bicyclic) bond motifs is 1. The fraction of sp³-hybridized carbons (Fsp3) is 0.429. The van der Waals surface area contributed by atoms with Gasteiger partial charge >= 0.3 is 6.18 Å². The summed E-state index contributed by atoms with van der Waals surface area (Å²) in [5, 5.41) is 7.15. The molecule has 10 heteroatoms. The molecule has 2 heterocycles. The summed E-state index contributed by atoms with van der Waals surface area (Å²) in [6.45, 7) is -0.174. The molecule has 7 nitrogen and oxygen atoms in total. The van der Waals surface area contributed by atoms with Gasteiger partial charge in [0.1, 0.15) is 18.3 Å². The number of carbonyl (C=O) groups is 1. The first-order chi connectivity index (χ1) is 14.8. The van der Waals surface area contributed by atoms with E-state index < -0.39 is 17.3 Å². The van der Waals surface area contributed by atoms with Crippen LogP contribution in [0.15, 0.2) is 41.6 Å². The Bertz CT molecular complexity index is 1140. The van der Waals surface area contributed by atoms with Crippen molar-refractivity contribution in [3.05, 3.63) is 52.7 Å². The number of benzene rings is 1. The number of hydrogen-bond donors (Lipinski definition) is 1. The molecule has 0 atom stereocenters. The minimum Gasteiger partial charge on any atom is -0.352 e. The fourth-order valence-corrected chi connectivity index (χ4v) is 3.92. The van der Waals surface area contributed by atoms with E-state index in [1.54, 1.807) is 0 Å². The molecule has 0 unspecified atom stereocenters. The highest BCUT2D eigenvalue weighted by atomic mass is 19.4. The zero-order valence-corrected chi connectivity index (χ0v) is 16.7. The van der Waals surface area contributed by atoms with Crippen LogP contribution in [0.5, 0.6) is 0 Å². The third-order valence-corrected chi connectivity index (χ3v) is 5.51. The minimum atomic E-state index is -4.50. The van der Waals surface area contributed by atoms with Gasteiger partial charge in [-0.05, 0) is 31.0 Å². The highest BCUT2D eigenvalue weighted by molar-refractivity contribution is 5.78. The molecule has 0 aliphatic heterocycles. The van der Waals surface area contributed by atoms with Crippen molar-refractivity contribution in [3.8, 4) is 5.69 Å². The summed E-state index contributed by atoms with van der Waals surface area (Å²) in [6, 6.07) is 4.74. The molecule has 0 radical (unpaired) electrons. The number of nitrogens with zero attached hydrogens (tertiary/aromatic N) is 4. The van der Waals surface area contributed by atoms with Crippen molar-refractivity contribution in [3.63, 3.8) is 0 Å². The van der Waals surface area contributed by atoms with E-state index in [1.165, 1.54) is 46.7 Å². The van der Waals surface area contributed by atoms with Gasteiger partial charge in [0.2, 0.25) is 5.91 Å². The van der Waals surface area contributed by atoms with Crippen LogP contribution in [0.2, 0.25) is 0 Å². The normalized spacial score (nSPS) is 15.7. The van der Waals surface area contributed by atoms with Gasteiger partial charge in [-0.1, -0.05) is 31.7 Å². The van der Waals surface area contributed by atoms with Crippen molar-refractivity contribution >= 4 is 16.9 Å². The predicted octanol–water partition coefficient (Wildman–Crippen LogP) is 3.44. The fourth-order valence-electron chi connectivity index (χ4n) is 3.92. The molecule has 2 aromatic heterocycles. The topological polar surface area (TPSA) is 81.8 Å². The Hall–Kier alpha value is -3.17. The van der Waals surface area contributed by atoms with Crippen LogP contribution in [-0.2, 0) is 17.5 Å². The van der Waals surface area contributed by atoms with E-state index >= 15 is 0 Å². The number of rotatable bonds is 4. The van der Waals surface area contributed by atoms with Gasteiger partial charge in [-0.15, -0.1) is 0 Å². The van der Waals surface area contributed by atoms with Crippen LogP contribution < -0.4 is 10.9 Å². The molecule has 1 aliphatic carbocycles. The molecule has 31 heavy (non-hydrogen) atoms. The summed E-state index contributed by atoms with van der Waals surface area (Å²) in [5.74, 6) is -0.263. The Kier molecular flexibility index (Phi) is 5.79. The lowest BCUT2D eigenvalue weighted by Gasteiger charge is -2.16. The summed E-state index contributed by atoms with van der Waals surface area (Å²) in [4.78, 5) is 29.4. The molecular formula is C21H22F3N5O2. The first-order valence-electron chi connectivity index (χ1n) is 10.2. The average Bonchev–Trinajstić information content (AvgIpc) is 3.00. The maximum Gasteiger partial charge on any atom is 0.416 e. The molecule has 0 bridgehead atoms. The van der Waals surface area contributed by atoms with E-state index in [0.717, 1.165) is 37.8 Å². The first kappa shape index (κ1) is 21.1. The summed E-state index contributed by atoms with van der Waals surface area (Å²) in [5.41, 5.74) is -1.03. The Morgan fingerprint density at radius 2 is 1.90 bits per heavy atom. The van der Waals surface area contributed by atoms with E-state index in [-0.39, 0.29) is 35.2 Å². The maximum atomic E-state index is 13.0. The quantitative estimate of drug-likeness (QED) is 0.639. The Labute approximate surface area is 175 Å². The molecule has 1 amide bonds. The zero-order chi connectivity index (χ0) is 22.0. The monoisotopic (exact) mass is 433 g/mol. The van der Waals surface area contributed by atoms with Gasteiger partial charge in [-0.3, -0.25) is 14.2 Å². The number of amides is 1.